The number of benzene rings is 1. The first-order chi connectivity index (χ1) is 6.46. The van der Waals surface area contributed by atoms with Crippen LogP contribution >= 0.6 is 11.6 Å². The molecule has 0 aliphatic heterocycles. The third-order valence-corrected chi connectivity index (χ3v) is 6.28. The molecule has 0 spiro atoms. The molecule has 0 saturated carbocycles. The van der Waals surface area contributed by atoms with Crippen molar-refractivity contribution in [3.05, 3.63) is 35.4 Å². The summed E-state index contributed by atoms with van der Waals surface area (Å²) in [6.45, 7) is 4.04. The highest BCUT2D eigenvalue weighted by Crippen LogP contribution is 2.19. The van der Waals surface area contributed by atoms with Crippen molar-refractivity contribution in [2.75, 3.05) is 5.50 Å². The molecular formula is C10H13ClF2Si. The van der Waals surface area contributed by atoms with E-state index in [0.29, 0.717) is 11.5 Å². The summed E-state index contributed by atoms with van der Waals surface area (Å²) in [5.41, 5.74) is 0.700. The van der Waals surface area contributed by atoms with E-state index in [1.807, 2.05) is 13.1 Å². The van der Waals surface area contributed by atoms with Crippen LogP contribution in [0.5, 0.6) is 0 Å². The van der Waals surface area contributed by atoms with Gasteiger partial charge >= 0.3 is 0 Å². The Hall–Kier alpha value is -0.413. The Labute approximate surface area is 88.9 Å². The van der Waals surface area contributed by atoms with E-state index in [0.717, 1.165) is 0 Å². The topological polar surface area (TPSA) is 0 Å². The Morgan fingerprint density at radius 2 is 1.71 bits per heavy atom. The van der Waals surface area contributed by atoms with Gasteiger partial charge in [0.1, 0.15) is 11.6 Å². The molecule has 0 aliphatic carbocycles. The van der Waals surface area contributed by atoms with Gasteiger partial charge in [-0.1, -0.05) is 19.2 Å². The summed E-state index contributed by atoms with van der Waals surface area (Å²) in [4.78, 5) is 0. The predicted molar refractivity (Wildman–Crippen MR) is 58.3 cm³/mol. The summed E-state index contributed by atoms with van der Waals surface area (Å²) in [6, 6.07) is 4.41. The number of hydrogen-bond donors (Lipinski definition) is 0. The SMILES string of the molecule is C[Si](C)(CCl)Cc1c(F)cccc1F. The van der Waals surface area contributed by atoms with Crippen molar-refractivity contribution < 1.29 is 8.78 Å². The molecular weight excluding hydrogens is 222 g/mol. The molecule has 0 atom stereocenters. The second-order valence-corrected chi connectivity index (χ2v) is 9.93. The third kappa shape index (κ3) is 2.79. The Balaban J connectivity index is 2.97. The van der Waals surface area contributed by atoms with Crippen molar-refractivity contribution in [1.29, 1.82) is 0 Å². The molecule has 1 rings (SSSR count). The first-order valence-corrected chi connectivity index (χ1v) is 8.40. The van der Waals surface area contributed by atoms with Crippen LogP contribution in [-0.4, -0.2) is 13.6 Å². The Morgan fingerprint density at radius 1 is 1.21 bits per heavy atom. The highest BCUT2D eigenvalue weighted by molar-refractivity contribution is 6.82. The van der Waals surface area contributed by atoms with Gasteiger partial charge < -0.3 is 0 Å². The summed E-state index contributed by atoms with van der Waals surface area (Å²) in [7, 11) is -1.70. The summed E-state index contributed by atoms with van der Waals surface area (Å²) in [5, 5.41) is 0. The molecule has 0 radical (unpaired) electrons. The van der Waals surface area contributed by atoms with E-state index >= 15 is 0 Å². The fraction of sp³-hybridized carbons (Fsp3) is 0.400. The van der Waals surface area contributed by atoms with Crippen LogP contribution in [0.25, 0.3) is 0 Å². The lowest BCUT2D eigenvalue weighted by molar-refractivity contribution is 0.564. The summed E-state index contributed by atoms with van der Waals surface area (Å²) < 4.78 is 26.5. The van der Waals surface area contributed by atoms with Crippen molar-refractivity contribution in [2.24, 2.45) is 0 Å². The molecule has 0 heterocycles. The van der Waals surface area contributed by atoms with E-state index in [1.165, 1.54) is 18.2 Å². The summed E-state index contributed by atoms with van der Waals surface area (Å²) in [6.07, 6.45) is 0. The quantitative estimate of drug-likeness (QED) is 0.555. The molecule has 0 unspecified atom stereocenters. The van der Waals surface area contributed by atoms with Gasteiger partial charge in [-0.15, -0.1) is 11.6 Å². The molecule has 0 N–H and O–H groups in total. The minimum Gasteiger partial charge on any atom is -0.207 e. The van der Waals surface area contributed by atoms with E-state index in [9.17, 15) is 8.78 Å². The standard InChI is InChI=1S/C10H13ClF2Si/c1-14(2,7-11)6-8-9(12)4-3-5-10(8)13/h3-5H,6-7H2,1-2H3. The lowest BCUT2D eigenvalue weighted by Crippen LogP contribution is -2.33. The largest absolute Gasteiger partial charge is 0.207 e. The average molecular weight is 235 g/mol. The van der Waals surface area contributed by atoms with Crippen molar-refractivity contribution in [2.45, 2.75) is 19.1 Å². The van der Waals surface area contributed by atoms with Crippen LogP contribution in [0.4, 0.5) is 8.78 Å². The second kappa shape index (κ2) is 4.40. The van der Waals surface area contributed by atoms with E-state index in [2.05, 4.69) is 0 Å². The molecule has 0 aliphatic rings. The summed E-state index contributed by atoms with van der Waals surface area (Å²) in [5.74, 6) is -0.925. The molecule has 0 aromatic heterocycles. The van der Waals surface area contributed by atoms with Gasteiger partial charge in [0.15, 0.2) is 0 Å². The zero-order valence-corrected chi connectivity index (χ0v) is 10.0. The first-order valence-electron chi connectivity index (χ1n) is 4.45. The smallest absolute Gasteiger partial charge is 0.129 e. The van der Waals surface area contributed by atoms with Gasteiger partial charge in [-0.2, -0.15) is 0 Å². The maximum Gasteiger partial charge on any atom is 0.129 e. The molecule has 0 bridgehead atoms. The number of halogens is 3. The summed E-state index contributed by atoms with van der Waals surface area (Å²) >= 11 is 5.76. The van der Waals surface area contributed by atoms with Crippen LogP contribution in [-0.2, 0) is 6.04 Å². The van der Waals surface area contributed by atoms with E-state index < -0.39 is 19.7 Å². The maximum absolute atomic E-state index is 13.3. The van der Waals surface area contributed by atoms with Crippen molar-refractivity contribution >= 4 is 19.7 Å². The molecule has 14 heavy (non-hydrogen) atoms. The lowest BCUT2D eigenvalue weighted by atomic mass is 10.2. The van der Waals surface area contributed by atoms with E-state index in [-0.39, 0.29) is 5.56 Å². The Kier molecular flexibility index (Phi) is 3.67. The first kappa shape index (κ1) is 11.7. The van der Waals surface area contributed by atoms with Crippen LogP contribution in [0, 0.1) is 11.6 Å². The molecule has 1 aromatic carbocycles. The lowest BCUT2D eigenvalue weighted by Gasteiger charge is -2.19. The molecule has 0 fully saturated rings. The minimum atomic E-state index is -1.70. The van der Waals surface area contributed by atoms with Gasteiger partial charge in [0.25, 0.3) is 0 Å². The molecule has 78 valence electrons. The van der Waals surface area contributed by atoms with Gasteiger partial charge in [0, 0.05) is 11.1 Å². The maximum atomic E-state index is 13.3. The van der Waals surface area contributed by atoms with Crippen LogP contribution in [0.1, 0.15) is 5.56 Å². The molecule has 0 nitrogen and oxygen atoms in total. The third-order valence-electron chi connectivity index (χ3n) is 2.08. The van der Waals surface area contributed by atoms with E-state index in [4.69, 9.17) is 11.6 Å². The Bertz CT molecular complexity index is 306. The van der Waals surface area contributed by atoms with Gasteiger partial charge in [0.05, 0.1) is 8.07 Å². The number of alkyl halides is 1. The van der Waals surface area contributed by atoms with Crippen molar-refractivity contribution in [3.8, 4) is 0 Å². The van der Waals surface area contributed by atoms with Crippen LogP contribution in [0.3, 0.4) is 0 Å². The number of hydrogen-bond acceptors (Lipinski definition) is 0. The zero-order valence-electron chi connectivity index (χ0n) is 8.28. The van der Waals surface area contributed by atoms with Gasteiger partial charge in [0.2, 0.25) is 0 Å². The minimum absolute atomic E-state index is 0.185. The van der Waals surface area contributed by atoms with Gasteiger partial charge in [-0.05, 0) is 18.2 Å². The monoisotopic (exact) mass is 234 g/mol. The van der Waals surface area contributed by atoms with E-state index in [1.54, 1.807) is 0 Å². The fourth-order valence-corrected chi connectivity index (χ4v) is 2.90. The second-order valence-electron chi connectivity index (χ2n) is 4.17. The van der Waals surface area contributed by atoms with Crippen molar-refractivity contribution in [3.63, 3.8) is 0 Å². The molecule has 1 aromatic rings. The van der Waals surface area contributed by atoms with Gasteiger partial charge in [-0.25, -0.2) is 8.78 Å². The molecule has 4 heteroatoms. The van der Waals surface area contributed by atoms with Crippen LogP contribution in [0.15, 0.2) is 18.2 Å². The van der Waals surface area contributed by atoms with Crippen molar-refractivity contribution in [1.82, 2.24) is 0 Å². The van der Waals surface area contributed by atoms with Crippen LogP contribution in [0.2, 0.25) is 13.1 Å². The van der Waals surface area contributed by atoms with Crippen LogP contribution < -0.4 is 0 Å². The fourth-order valence-electron chi connectivity index (χ4n) is 1.23. The molecule has 0 saturated heterocycles. The van der Waals surface area contributed by atoms with Gasteiger partial charge in [-0.3, -0.25) is 0 Å². The Morgan fingerprint density at radius 3 is 2.14 bits per heavy atom. The highest BCUT2D eigenvalue weighted by atomic mass is 35.5. The zero-order chi connectivity index (χ0) is 10.8. The molecule has 0 amide bonds. The predicted octanol–water partition coefficient (Wildman–Crippen LogP) is 3.53. The normalized spacial score (nSPS) is 11.8. The highest BCUT2D eigenvalue weighted by Gasteiger charge is 2.23. The number of rotatable bonds is 3. The average Bonchev–Trinajstić information content (AvgIpc) is 2.12.